The van der Waals surface area contributed by atoms with Crippen LogP contribution in [0.3, 0.4) is 0 Å². The van der Waals surface area contributed by atoms with Crippen molar-refractivity contribution in [1.82, 2.24) is 46.5 Å². The zero-order chi connectivity index (χ0) is 35.7. The van der Waals surface area contributed by atoms with Gasteiger partial charge >= 0.3 is 0 Å². The number of benzene rings is 3. The van der Waals surface area contributed by atoms with Crippen LogP contribution >= 0.6 is 0 Å². The van der Waals surface area contributed by atoms with Crippen molar-refractivity contribution in [3.63, 3.8) is 0 Å². The van der Waals surface area contributed by atoms with Crippen molar-refractivity contribution in [2.75, 3.05) is 6.54 Å². The number of imidazole rings is 2. The molecule has 1 aliphatic rings. The maximum atomic E-state index is 14.0. The summed E-state index contributed by atoms with van der Waals surface area (Å²) in [5, 5.41) is 25.3. The highest BCUT2D eigenvalue weighted by atomic mass is 16.3. The number of hydrogen-bond acceptors (Lipinski definition) is 8. The van der Waals surface area contributed by atoms with Crippen molar-refractivity contribution in [2.45, 2.75) is 49.9 Å². The summed E-state index contributed by atoms with van der Waals surface area (Å²) in [7, 11) is 0. The maximum absolute atomic E-state index is 14.0. The third-order valence-corrected chi connectivity index (χ3v) is 8.56. The Hall–Kier alpha value is -6.51. The molecule has 0 unspecified atom stereocenters. The monoisotopic (exact) mass is 691 g/mol. The number of phenolic OH excluding ortho intramolecular Hbond substituents is 1. The van der Waals surface area contributed by atoms with Crippen molar-refractivity contribution < 1.29 is 29.1 Å². The van der Waals surface area contributed by atoms with Gasteiger partial charge in [0, 0.05) is 49.5 Å². The molecule has 0 radical (unpaired) electrons. The van der Waals surface area contributed by atoms with E-state index in [1.54, 1.807) is 12.1 Å². The van der Waals surface area contributed by atoms with Crippen LogP contribution in [0.1, 0.15) is 22.5 Å². The molecule has 0 spiro atoms. The zero-order valence-corrected chi connectivity index (χ0v) is 27.4. The van der Waals surface area contributed by atoms with Crippen molar-refractivity contribution in [3.05, 3.63) is 114 Å². The number of aromatic hydroxyl groups is 1. The molecular weight excluding hydrogens is 654 g/mol. The second kappa shape index (κ2) is 15.8. The highest BCUT2D eigenvalue weighted by Gasteiger charge is 2.33. The third kappa shape index (κ3) is 9.14. The Kier molecular flexibility index (Phi) is 10.6. The number of nitrogens with one attached hydrogen (secondary N) is 7. The predicted octanol–water partition coefficient (Wildman–Crippen LogP) is 0.331. The van der Waals surface area contributed by atoms with Crippen LogP contribution in [-0.2, 0) is 49.7 Å². The Morgan fingerprint density at radius 3 is 1.65 bits per heavy atom. The van der Waals surface area contributed by atoms with E-state index in [1.807, 2.05) is 42.5 Å². The van der Waals surface area contributed by atoms with Gasteiger partial charge in [-0.05, 0) is 34.0 Å². The highest BCUT2D eigenvalue weighted by molar-refractivity contribution is 5.97. The minimum absolute atomic E-state index is 0.00384. The van der Waals surface area contributed by atoms with Crippen LogP contribution in [0.25, 0.3) is 10.8 Å². The molecule has 262 valence electrons. The first-order valence-electron chi connectivity index (χ1n) is 16.4. The lowest BCUT2D eigenvalue weighted by atomic mass is 10.0. The van der Waals surface area contributed by atoms with Crippen LogP contribution in [0.15, 0.2) is 91.8 Å². The van der Waals surface area contributed by atoms with Crippen molar-refractivity contribution in [2.24, 2.45) is 0 Å². The molecule has 0 aliphatic carbocycles. The van der Waals surface area contributed by atoms with Gasteiger partial charge in [0.05, 0.1) is 19.2 Å². The van der Waals surface area contributed by atoms with Gasteiger partial charge in [-0.3, -0.25) is 24.0 Å². The standard InChI is InChI=1S/C36H37N9O6/c46-27-9-6-21(7-10-27)12-29-34(49)44-31(15-26-17-38-20-41-26)36(51)45-30(14-25-16-37-19-40-25)35(50)43-28(33(48)39-18-32(47)42-29)13-22-5-8-23-3-1-2-4-24(23)11-22/h1-11,16-17,19-20,28-31,46H,12-15,18H2,(H,37,40)(H,38,41)(H,39,48)(H,42,47)(H,43,50)(H,44,49)(H,45,51)/t28-,29+,30-,31-/m0/s1. The number of aromatic nitrogens is 4. The first-order valence-corrected chi connectivity index (χ1v) is 16.4. The number of carbonyl (C=O) groups is 5. The van der Waals surface area contributed by atoms with E-state index in [4.69, 9.17) is 0 Å². The molecule has 15 nitrogen and oxygen atoms in total. The molecule has 8 N–H and O–H groups in total. The van der Waals surface area contributed by atoms with E-state index in [1.165, 1.54) is 37.2 Å². The van der Waals surface area contributed by atoms with E-state index >= 15 is 0 Å². The average Bonchev–Trinajstić information content (AvgIpc) is 3.85. The Balaban J connectivity index is 1.33. The number of hydrogen-bond donors (Lipinski definition) is 8. The fourth-order valence-corrected chi connectivity index (χ4v) is 5.89. The summed E-state index contributed by atoms with van der Waals surface area (Å²) in [5.41, 5.74) is 2.46. The number of fused-ring (bicyclic) bond motifs is 1. The van der Waals surface area contributed by atoms with Gasteiger partial charge in [0.1, 0.15) is 29.9 Å². The lowest BCUT2D eigenvalue weighted by Crippen LogP contribution is -2.59. The first-order chi connectivity index (χ1) is 24.7. The Bertz CT molecular complexity index is 2000. The molecule has 5 amide bonds. The second-order valence-corrected chi connectivity index (χ2v) is 12.3. The molecule has 1 saturated heterocycles. The molecule has 0 bridgehead atoms. The molecule has 2 aromatic heterocycles. The molecule has 4 atom stereocenters. The molecule has 3 heterocycles. The van der Waals surface area contributed by atoms with Crippen molar-refractivity contribution >= 4 is 40.3 Å². The van der Waals surface area contributed by atoms with E-state index in [9.17, 15) is 29.1 Å². The number of H-pyrrole nitrogens is 2. The third-order valence-electron chi connectivity index (χ3n) is 8.56. The smallest absolute Gasteiger partial charge is 0.243 e. The highest BCUT2D eigenvalue weighted by Crippen LogP contribution is 2.17. The van der Waals surface area contributed by atoms with Gasteiger partial charge in [0.25, 0.3) is 0 Å². The number of amides is 5. The lowest BCUT2D eigenvalue weighted by Gasteiger charge is -2.25. The maximum Gasteiger partial charge on any atom is 0.243 e. The van der Waals surface area contributed by atoms with Crippen LogP contribution in [0.4, 0.5) is 0 Å². The number of nitrogens with zero attached hydrogens (tertiary/aromatic N) is 2. The summed E-state index contributed by atoms with van der Waals surface area (Å²) >= 11 is 0. The van der Waals surface area contributed by atoms with Gasteiger partial charge in [-0.2, -0.15) is 0 Å². The van der Waals surface area contributed by atoms with E-state index < -0.39 is 60.2 Å². The fourth-order valence-electron chi connectivity index (χ4n) is 5.89. The van der Waals surface area contributed by atoms with E-state index in [-0.39, 0.29) is 31.4 Å². The number of rotatable bonds is 8. The largest absolute Gasteiger partial charge is 0.508 e. The molecular formula is C36H37N9O6. The van der Waals surface area contributed by atoms with E-state index in [0.717, 1.165) is 16.3 Å². The Morgan fingerprint density at radius 1 is 0.569 bits per heavy atom. The zero-order valence-electron chi connectivity index (χ0n) is 27.4. The summed E-state index contributed by atoms with van der Waals surface area (Å²) < 4.78 is 0. The summed E-state index contributed by atoms with van der Waals surface area (Å²) in [6.45, 7) is -0.491. The molecule has 15 heteroatoms. The predicted molar refractivity (Wildman–Crippen MR) is 185 cm³/mol. The SMILES string of the molecule is O=C1CNC(=O)[C@H](Cc2ccc3ccccc3c2)NC(=O)[C@H](Cc2cnc[nH]2)NC(=O)[C@H](Cc2cnc[nH]2)NC(=O)[C@@H](Cc2ccc(O)cc2)N1. The minimum Gasteiger partial charge on any atom is -0.508 e. The average molecular weight is 692 g/mol. The van der Waals surface area contributed by atoms with Crippen LogP contribution in [-0.4, -0.2) is 85.3 Å². The van der Waals surface area contributed by atoms with Gasteiger partial charge in [-0.15, -0.1) is 0 Å². The van der Waals surface area contributed by atoms with Crippen LogP contribution in [0.5, 0.6) is 5.75 Å². The fraction of sp³-hybridized carbons (Fsp3) is 0.250. The van der Waals surface area contributed by atoms with Gasteiger partial charge < -0.3 is 41.7 Å². The van der Waals surface area contributed by atoms with Gasteiger partial charge in [0.2, 0.25) is 29.5 Å². The summed E-state index contributed by atoms with van der Waals surface area (Å²) in [5.74, 6) is -3.29. The summed E-state index contributed by atoms with van der Waals surface area (Å²) in [4.78, 5) is 82.6. The Morgan fingerprint density at radius 2 is 1.08 bits per heavy atom. The number of phenols is 1. The molecule has 1 fully saturated rings. The van der Waals surface area contributed by atoms with E-state index in [0.29, 0.717) is 17.0 Å². The second-order valence-electron chi connectivity index (χ2n) is 12.3. The topological polar surface area (TPSA) is 223 Å². The number of carbonyl (C=O) groups excluding carboxylic acids is 5. The van der Waals surface area contributed by atoms with Crippen LogP contribution < -0.4 is 26.6 Å². The van der Waals surface area contributed by atoms with Gasteiger partial charge in [0.15, 0.2) is 0 Å². The lowest BCUT2D eigenvalue weighted by molar-refractivity contribution is -0.133. The number of aromatic amines is 2. The van der Waals surface area contributed by atoms with Crippen LogP contribution in [0.2, 0.25) is 0 Å². The summed E-state index contributed by atoms with van der Waals surface area (Å²) in [6, 6.07) is 14.9. The summed E-state index contributed by atoms with van der Waals surface area (Å²) in [6.07, 6.45) is 5.98. The molecule has 5 aromatic rings. The quantitative estimate of drug-likeness (QED) is 0.113. The van der Waals surface area contributed by atoms with Gasteiger partial charge in [-0.25, -0.2) is 9.97 Å². The van der Waals surface area contributed by atoms with Crippen LogP contribution in [0, 0.1) is 0 Å². The van der Waals surface area contributed by atoms with Crippen molar-refractivity contribution in [1.29, 1.82) is 0 Å². The molecule has 6 rings (SSSR count). The van der Waals surface area contributed by atoms with Gasteiger partial charge in [-0.1, -0.05) is 54.6 Å². The first kappa shape index (κ1) is 34.4. The Labute approximate surface area is 292 Å². The molecule has 3 aromatic carbocycles. The minimum atomic E-state index is -1.20. The molecule has 51 heavy (non-hydrogen) atoms. The normalized spacial score (nSPS) is 20.7. The molecule has 1 aliphatic heterocycles. The van der Waals surface area contributed by atoms with Crippen molar-refractivity contribution in [3.8, 4) is 5.75 Å². The molecule has 0 saturated carbocycles. The van der Waals surface area contributed by atoms with E-state index in [2.05, 4.69) is 46.5 Å².